The minimum atomic E-state index is -0.0502. The molecule has 0 aliphatic rings. The van der Waals surface area contributed by atoms with Gasteiger partial charge in [0.1, 0.15) is 0 Å². The second kappa shape index (κ2) is 11.9. The number of hydrogen-bond acceptors (Lipinski definition) is 0. The van der Waals surface area contributed by atoms with E-state index in [4.69, 9.17) is 0 Å². The Bertz CT molecular complexity index is 91.0. The molecule has 0 saturated heterocycles. The maximum Gasteiger partial charge on any atom is 1.00 e. The van der Waals surface area contributed by atoms with Gasteiger partial charge in [-0.05, 0) is 0 Å². The molecule has 0 fully saturated rings. The van der Waals surface area contributed by atoms with Gasteiger partial charge in [-0.15, -0.1) is 0 Å². The summed E-state index contributed by atoms with van der Waals surface area (Å²) in [6.45, 7) is 16.1. The minimum Gasteiger partial charge on any atom is -0.260 e. The number of rotatable bonds is 3. The van der Waals surface area contributed by atoms with Gasteiger partial charge >= 0.3 is 18.9 Å². The summed E-state index contributed by atoms with van der Waals surface area (Å²) in [5, 5.41) is 0.602. The largest absolute Gasteiger partial charge is 1.00 e. The predicted molar refractivity (Wildman–Crippen MR) is 67.0 cm³/mol. The van der Waals surface area contributed by atoms with Crippen LogP contribution in [0, 0.1) is 0 Å². The first-order chi connectivity index (χ1) is 5.86. The van der Waals surface area contributed by atoms with Crippen molar-refractivity contribution in [2.24, 2.45) is 0 Å². The van der Waals surface area contributed by atoms with Crippen LogP contribution >= 0.6 is 0 Å². The molecule has 0 heterocycles. The number of hydrogen-bond donors (Lipinski definition) is 0. The molecule has 0 unspecified atom stereocenters. The van der Waals surface area contributed by atoms with Crippen LogP contribution in [-0.2, 0) is 0 Å². The van der Waals surface area contributed by atoms with Crippen LogP contribution in [0.2, 0.25) is 18.1 Å². The minimum absolute atomic E-state index is 0. The molecule has 82 valence electrons. The van der Waals surface area contributed by atoms with Crippen LogP contribution in [0.15, 0.2) is 0 Å². The normalized spacial score (nSPS) is 10.3. The molecule has 0 bridgehead atoms. The molecular formula is C12H29LiSi. The van der Waals surface area contributed by atoms with Gasteiger partial charge in [0, 0.05) is 0 Å². The fraction of sp³-hybridized carbons (Fsp3) is 1.00. The molecule has 0 nitrogen and oxygen atoms in total. The van der Waals surface area contributed by atoms with Crippen molar-refractivity contribution in [1.29, 1.82) is 0 Å². The average Bonchev–Trinajstić information content (AvgIpc) is 2.00. The summed E-state index contributed by atoms with van der Waals surface area (Å²) in [6, 6.07) is 0. The monoisotopic (exact) mass is 208 g/mol. The molecule has 0 saturated carbocycles. The molecule has 0 radical (unpaired) electrons. The Kier molecular flexibility index (Phi) is 17.2. The predicted octanol–water partition coefficient (Wildman–Crippen LogP) is 2.13. The summed E-state index contributed by atoms with van der Waals surface area (Å²) in [7, 11) is -0.0502. The van der Waals surface area contributed by atoms with Crippen molar-refractivity contribution >= 4 is 8.80 Å². The zero-order valence-corrected chi connectivity index (χ0v) is 12.8. The Morgan fingerprint density at radius 2 is 1.07 bits per heavy atom. The van der Waals surface area contributed by atoms with Gasteiger partial charge in [0.05, 0.1) is 0 Å². The summed E-state index contributed by atoms with van der Waals surface area (Å²) in [4.78, 5) is 0. The standard InChI is InChI=1S/C6H15Si.C6H14.Li/c1-6(2,3)7(4)5;1-3-5-6-4-2;/h1-5H3;3-6H2,1-2H3;/q-1;;+1. The van der Waals surface area contributed by atoms with Crippen molar-refractivity contribution in [3.8, 4) is 0 Å². The van der Waals surface area contributed by atoms with E-state index in [1.165, 1.54) is 25.7 Å². The van der Waals surface area contributed by atoms with Gasteiger partial charge in [-0.2, -0.15) is 18.1 Å². The van der Waals surface area contributed by atoms with Crippen molar-refractivity contribution < 1.29 is 18.9 Å². The van der Waals surface area contributed by atoms with Gasteiger partial charge in [0.2, 0.25) is 0 Å². The Balaban J connectivity index is -0.000000163. The SMILES string of the molecule is CCCCCC.C[Si-](C)C(C)(C)C.[Li+]. The van der Waals surface area contributed by atoms with Gasteiger partial charge in [-0.1, -0.05) is 60.3 Å². The Morgan fingerprint density at radius 3 is 1.14 bits per heavy atom. The van der Waals surface area contributed by atoms with Crippen LogP contribution < -0.4 is 18.9 Å². The van der Waals surface area contributed by atoms with E-state index in [-0.39, 0.29) is 27.7 Å². The topological polar surface area (TPSA) is 0 Å². The molecule has 0 spiro atoms. The smallest absolute Gasteiger partial charge is 0.260 e. The second-order valence-electron chi connectivity index (χ2n) is 4.96. The van der Waals surface area contributed by atoms with Crippen molar-refractivity contribution in [1.82, 2.24) is 0 Å². The van der Waals surface area contributed by atoms with Crippen LogP contribution in [0.4, 0.5) is 0 Å². The van der Waals surface area contributed by atoms with Gasteiger partial charge in [0.25, 0.3) is 0 Å². The molecule has 0 aromatic rings. The van der Waals surface area contributed by atoms with E-state index >= 15 is 0 Å². The molecule has 0 atom stereocenters. The molecule has 0 aliphatic carbocycles. The zero-order chi connectivity index (χ0) is 10.9. The molecule has 0 amide bonds. The first-order valence-electron chi connectivity index (χ1n) is 5.66. The summed E-state index contributed by atoms with van der Waals surface area (Å²) in [6.07, 6.45) is 5.54. The molecule has 2 heteroatoms. The van der Waals surface area contributed by atoms with Crippen molar-refractivity contribution in [3.05, 3.63) is 0 Å². The molecule has 0 aliphatic heterocycles. The van der Waals surface area contributed by atoms with Crippen molar-refractivity contribution in [3.63, 3.8) is 0 Å². The van der Waals surface area contributed by atoms with Gasteiger partial charge in [-0.3, -0.25) is 8.80 Å². The van der Waals surface area contributed by atoms with Crippen molar-refractivity contribution in [2.45, 2.75) is 78.4 Å². The average molecular weight is 208 g/mol. The molecule has 14 heavy (non-hydrogen) atoms. The van der Waals surface area contributed by atoms with Gasteiger partial charge < -0.3 is 0 Å². The van der Waals surface area contributed by atoms with Gasteiger partial charge in [-0.25, -0.2) is 0 Å². The first kappa shape index (κ1) is 20.3. The van der Waals surface area contributed by atoms with Crippen LogP contribution in [-0.4, -0.2) is 8.80 Å². The van der Waals surface area contributed by atoms with E-state index in [1.807, 2.05) is 0 Å². The maximum absolute atomic E-state index is 2.35. The quantitative estimate of drug-likeness (QED) is 0.492. The zero-order valence-electron chi connectivity index (χ0n) is 11.8. The molecular weight excluding hydrogens is 179 g/mol. The number of unbranched alkanes of at least 4 members (excludes halogenated alkanes) is 3. The Hall–Kier alpha value is 0.814. The Morgan fingerprint density at radius 1 is 0.857 bits per heavy atom. The van der Waals surface area contributed by atoms with E-state index in [1.54, 1.807) is 0 Å². The fourth-order valence-electron chi connectivity index (χ4n) is 0.500. The van der Waals surface area contributed by atoms with E-state index in [0.29, 0.717) is 5.04 Å². The molecule has 0 aromatic heterocycles. The van der Waals surface area contributed by atoms with Crippen LogP contribution in [0.1, 0.15) is 60.3 Å². The summed E-state index contributed by atoms with van der Waals surface area (Å²) in [5.74, 6) is 0. The molecule has 0 N–H and O–H groups in total. The van der Waals surface area contributed by atoms with Gasteiger partial charge in [0.15, 0.2) is 0 Å². The third kappa shape index (κ3) is 18.6. The third-order valence-electron chi connectivity index (χ3n) is 2.46. The molecule has 0 aromatic carbocycles. The van der Waals surface area contributed by atoms with E-state index in [2.05, 4.69) is 47.7 Å². The summed E-state index contributed by atoms with van der Waals surface area (Å²) >= 11 is 0. The third-order valence-corrected chi connectivity index (χ3v) is 5.46. The maximum atomic E-state index is 2.35. The van der Waals surface area contributed by atoms with Crippen LogP contribution in [0.3, 0.4) is 0 Å². The Labute approximate surface area is 106 Å². The second-order valence-corrected chi connectivity index (χ2v) is 8.46. The molecule has 0 rings (SSSR count). The summed E-state index contributed by atoms with van der Waals surface area (Å²) in [5.41, 5.74) is 0. The fourth-order valence-corrected chi connectivity index (χ4v) is 0.500. The van der Waals surface area contributed by atoms with Crippen LogP contribution in [0.5, 0.6) is 0 Å². The van der Waals surface area contributed by atoms with E-state index in [0.717, 1.165) is 0 Å². The first-order valence-corrected chi connectivity index (χ1v) is 8.16. The summed E-state index contributed by atoms with van der Waals surface area (Å²) < 4.78 is 0. The van der Waals surface area contributed by atoms with Crippen molar-refractivity contribution in [2.75, 3.05) is 0 Å². The van der Waals surface area contributed by atoms with E-state index < -0.39 is 0 Å². The van der Waals surface area contributed by atoms with E-state index in [9.17, 15) is 0 Å². The van der Waals surface area contributed by atoms with Crippen LogP contribution in [0.25, 0.3) is 0 Å².